The third-order valence-electron chi connectivity index (χ3n) is 3.44. The summed E-state index contributed by atoms with van der Waals surface area (Å²) in [5.74, 6) is 0.333. The van der Waals surface area contributed by atoms with E-state index in [1.165, 1.54) is 6.20 Å². The first kappa shape index (κ1) is 17.3. The van der Waals surface area contributed by atoms with Crippen molar-refractivity contribution in [3.63, 3.8) is 0 Å². The highest BCUT2D eigenvalue weighted by Gasteiger charge is 2.09. The van der Waals surface area contributed by atoms with Crippen molar-refractivity contribution in [3.05, 3.63) is 76.5 Å². The molecule has 1 heterocycles. The molecule has 7 heteroatoms. The van der Waals surface area contributed by atoms with Crippen molar-refractivity contribution >= 4 is 29.3 Å². The number of aromatic nitrogens is 2. The zero-order valence-electron chi connectivity index (χ0n) is 13.2. The van der Waals surface area contributed by atoms with E-state index in [9.17, 15) is 4.79 Å². The van der Waals surface area contributed by atoms with Gasteiger partial charge >= 0.3 is 6.09 Å². The normalized spacial score (nSPS) is 10.5. The van der Waals surface area contributed by atoms with E-state index in [4.69, 9.17) is 27.9 Å². The number of para-hydroxylation sites is 1. The van der Waals surface area contributed by atoms with Gasteiger partial charge in [0.1, 0.15) is 0 Å². The van der Waals surface area contributed by atoms with Crippen LogP contribution in [-0.4, -0.2) is 22.4 Å². The van der Waals surface area contributed by atoms with Crippen molar-refractivity contribution in [2.75, 3.05) is 6.54 Å². The van der Waals surface area contributed by atoms with Crippen LogP contribution in [-0.2, 0) is 6.42 Å². The van der Waals surface area contributed by atoms with Crippen LogP contribution in [0.3, 0.4) is 0 Å². The molecule has 1 N–H and O–H groups in total. The summed E-state index contributed by atoms with van der Waals surface area (Å²) in [6, 6.07) is 14.8. The van der Waals surface area contributed by atoms with Gasteiger partial charge in [-0.3, -0.25) is 0 Å². The molecule has 0 bridgehead atoms. The molecule has 2 aromatic carbocycles. The molecule has 0 aliphatic rings. The van der Waals surface area contributed by atoms with Gasteiger partial charge < -0.3 is 10.1 Å². The van der Waals surface area contributed by atoms with Crippen molar-refractivity contribution in [2.24, 2.45) is 0 Å². The summed E-state index contributed by atoms with van der Waals surface area (Å²) in [5, 5.41) is 8.07. The minimum Gasteiger partial charge on any atom is -0.407 e. The first-order chi connectivity index (χ1) is 12.1. The van der Waals surface area contributed by atoms with Crippen LogP contribution in [0.4, 0.5) is 4.79 Å². The summed E-state index contributed by atoms with van der Waals surface area (Å²) in [5.41, 5.74) is 1.75. The van der Waals surface area contributed by atoms with Crippen LogP contribution >= 0.6 is 23.2 Å². The van der Waals surface area contributed by atoms with Gasteiger partial charge in [0.05, 0.1) is 23.1 Å². The van der Waals surface area contributed by atoms with E-state index >= 15 is 0 Å². The Hall–Kier alpha value is -2.50. The molecule has 0 aliphatic carbocycles. The molecule has 25 heavy (non-hydrogen) atoms. The number of halogens is 2. The molecule has 128 valence electrons. The Morgan fingerprint density at radius 2 is 2.00 bits per heavy atom. The highest BCUT2D eigenvalue weighted by Crippen LogP contribution is 2.21. The molecule has 0 spiro atoms. The summed E-state index contributed by atoms with van der Waals surface area (Å²) in [6.45, 7) is 0.442. The van der Waals surface area contributed by atoms with Gasteiger partial charge in [0.25, 0.3) is 0 Å². The van der Waals surface area contributed by atoms with Gasteiger partial charge in [0.15, 0.2) is 5.75 Å². The Labute approximate surface area is 155 Å². The minimum atomic E-state index is -0.541. The Bertz CT molecular complexity index is 880. The summed E-state index contributed by atoms with van der Waals surface area (Å²) >= 11 is 12.0. The SMILES string of the molecule is O=C(NCCc1cccc(Cl)c1)Oc1cnn(-c2ccccc2Cl)c1. The molecule has 3 aromatic rings. The third kappa shape index (κ3) is 4.75. The number of ether oxygens (including phenoxy) is 1. The molecule has 1 aromatic heterocycles. The van der Waals surface area contributed by atoms with Crippen LogP contribution in [0.1, 0.15) is 5.56 Å². The number of amides is 1. The molecule has 3 rings (SSSR count). The van der Waals surface area contributed by atoms with Crippen molar-refractivity contribution in [2.45, 2.75) is 6.42 Å². The van der Waals surface area contributed by atoms with Gasteiger partial charge in [-0.1, -0.05) is 47.5 Å². The monoisotopic (exact) mass is 375 g/mol. The second kappa shape index (κ2) is 8.05. The van der Waals surface area contributed by atoms with E-state index in [0.717, 1.165) is 5.56 Å². The fourth-order valence-corrected chi connectivity index (χ4v) is 2.71. The Morgan fingerprint density at radius 3 is 2.80 bits per heavy atom. The smallest absolute Gasteiger partial charge is 0.407 e. The average molecular weight is 376 g/mol. The van der Waals surface area contributed by atoms with Crippen LogP contribution in [0.15, 0.2) is 60.9 Å². The maximum atomic E-state index is 11.9. The van der Waals surface area contributed by atoms with E-state index in [-0.39, 0.29) is 0 Å². The van der Waals surface area contributed by atoms with Crippen LogP contribution in [0.2, 0.25) is 10.0 Å². The number of nitrogens with zero attached hydrogens (tertiary/aromatic N) is 2. The van der Waals surface area contributed by atoms with Crippen LogP contribution in [0, 0.1) is 0 Å². The molecule has 1 amide bonds. The van der Waals surface area contributed by atoms with Gasteiger partial charge in [-0.15, -0.1) is 0 Å². The molecule has 0 aliphatic heterocycles. The fourth-order valence-electron chi connectivity index (χ4n) is 2.27. The molecular weight excluding hydrogens is 361 g/mol. The lowest BCUT2D eigenvalue weighted by Gasteiger charge is -2.05. The highest BCUT2D eigenvalue weighted by molar-refractivity contribution is 6.32. The minimum absolute atomic E-state index is 0.333. The first-order valence-corrected chi connectivity index (χ1v) is 8.37. The lowest BCUT2D eigenvalue weighted by molar-refractivity contribution is 0.200. The van der Waals surface area contributed by atoms with Gasteiger partial charge in [-0.05, 0) is 36.2 Å². The zero-order valence-corrected chi connectivity index (χ0v) is 14.7. The molecule has 0 saturated heterocycles. The molecule has 0 fully saturated rings. The van der Waals surface area contributed by atoms with Crippen molar-refractivity contribution in [1.82, 2.24) is 15.1 Å². The maximum Gasteiger partial charge on any atom is 0.412 e. The number of carbonyl (C=O) groups is 1. The first-order valence-electron chi connectivity index (χ1n) is 7.61. The largest absolute Gasteiger partial charge is 0.412 e. The summed E-state index contributed by atoms with van der Waals surface area (Å²) < 4.78 is 6.77. The molecule has 5 nitrogen and oxygen atoms in total. The second-order valence-electron chi connectivity index (χ2n) is 5.27. The summed E-state index contributed by atoms with van der Waals surface area (Å²) in [6.07, 6.45) is 3.17. The lowest BCUT2D eigenvalue weighted by Crippen LogP contribution is -2.28. The fraction of sp³-hybridized carbons (Fsp3) is 0.111. The molecule has 0 unspecified atom stereocenters. The molecular formula is C18H15Cl2N3O2. The number of rotatable bonds is 5. The van der Waals surface area contributed by atoms with Gasteiger partial charge in [-0.25, -0.2) is 9.48 Å². The number of hydrogen-bond donors (Lipinski definition) is 1. The number of carbonyl (C=O) groups excluding carboxylic acids is 1. The number of nitrogens with one attached hydrogen (secondary N) is 1. The van der Waals surface area contributed by atoms with Crippen molar-refractivity contribution in [3.8, 4) is 11.4 Å². The van der Waals surface area contributed by atoms with Gasteiger partial charge in [0.2, 0.25) is 0 Å². The number of benzene rings is 2. The summed E-state index contributed by atoms with van der Waals surface area (Å²) in [4.78, 5) is 11.9. The van der Waals surface area contributed by atoms with E-state index in [1.807, 2.05) is 42.5 Å². The predicted octanol–water partition coefficient (Wildman–Crippen LogP) is 4.51. The second-order valence-corrected chi connectivity index (χ2v) is 6.11. The van der Waals surface area contributed by atoms with Crippen molar-refractivity contribution in [1.29, 1.82) is 0 Å². The van der Waals surface area contributed by atoms with E-state index in [0.29, 0.717) is 34.4 Å². The standard InChI is InChI=1S/C18H15Cl2N3O2/c19-14-5-3-4-13(10-14)8-9-21-18(24)25-15-11-22-23(12-15)17-7-2-1-6-16(17)20/h1-7,10-12H,8-9H2,(H,21,24). The zero-order chi connectivity index (χ0) is 17.6. The molecule has 0 saturated carbocycles. The van der Waals surface area contributed by atoms with Crippen LogP contribution < -0.4 is 10.1 Å². The van der Waals surface area contributed by atoms with E-state index < -0.39 is 6.09 Å². The van der Waals surface area contributed by atoms with Crippen LogP contribution in [0.25, 0.3) is 5.69 Å². The maximum absolute atomic E-state index is 11.9. The summed E-state index contributed by atoms with van der Waals surface area (Å²) in [7, 11) is 0. The predicted molar refractivity (Wildman–Crippen MR) is 97.8 cm³/mol. The third-order valence-corrected chi connectivity index (χ3v) is 4.00. The van der Waals surface area contributed by atoms with E-state index in [2.05, 4.69) is 10.4 Å². The Balaban J connectivity index is 1.53. The van der Waals surface area contributed by atoms with E-state index in [1.54, 1.807) is 16.9 Å². The lowest BCUT2D eigenvalue weighted by atomic mass is 10.1. The topological polar surface area (TPSA) is 56.1 Å². The molecule has 0 atom stereocenters. The highest BCUT2D eigenvalue weighted by atomic mass is 35.5. The quantitative estimate of drug-likeness (QED) is 0.713. The van der Waals surface area contributed by atoms with Gasteiger partial charge in [0, 0.05) is 11.6 Å². The van der Waals surface area contributed by atoms with Crippen LogP contribution in [0.5, 0.6) is 5.75 Å². The number of hydrogen-bond acceptors (Lipinski definition) is 3. The molecule has 0 radical (unpaired) electrons. The Kier molecular flexibility index (Phi) is 5.58. The van der Waals surface area contributed by atoms with Gasteiger partial charge in [-0.2, -0.15) is 5.10 Å². The Morgan fingerprint density at radius 1 is 1.16 bits per heavy atom. The average Bonchev–Trinajstić information content (AvgIpc) is 3.03. The van der Waals surface area contributed by atoms with Crippen molar-refractivity contribution < 1.29 is 9.53 Å².